The Labute approximate surface area is 464 Å². The molecule has 4 aromatic carbocycles. The van der Waals surface area contributed by atoms with Gasteiger partial charge in [0.05, 0.1) is 24.2 Å². The van der Waals surface area contributed by atoms with E-state index in [4.69, 9.17) is 34.2 Å². The van der Waals surface area contributed by atoms with Gasteiger partial charge in [-0.1, -0.05) is 69.2 Å². The summed E-state index contributed by atoms with van der Waals surface area (Å²) in [5.41, 5.74) is 11.0. The monoisotopic (exact) mass is 1090 g/mol. The molecule has 4 atom stereocenters. The molecular weight excluding hydrogens is 1010 g/mol. The maximum Gasteiger partial charge on any atom is 2.00 e. The summed E-state index contributed by atoms with van der Waals surface area (Å²) < 4.78 is 14.5. The van der Waals surface area contributed by atoms with Crippen LogP contribution in [0.25, 0.3) is 0 Å². The Bertz CT molecular complexity index is 2060. The van der Waals surface area contributed by atoms with Crippen molar-refractivity contribution in [3.05, 3.63) is 135 Å². The minimum atomic E-state index is 0. The summed E-state index contributed by atoms with van der Waals surface area (Å²) in [6, 6.07) is 16.1. The minimum Gasteiger partial charge on any atom is -0.552 e. The summed E-state index contributed by atoms with van der Waals surface area (Å²) >= 11 is 0. The first kappa shape index (κ1) is 65.8. The van der Waals surface area contributed by atoms with Crippen LogP contribution in [0.4, 0.5) is 0 Å². The molecule has 0 amide bonds. The molecule has 12 nitrogen and oxygen atoms in total. The Balaban J connectivity index is 0.000000380. The molecule has 2 saturated carbocycles. The van der Waals surface area contributed by atoms with Gasteiger partial charge < -0.3 is 40.1 Å². The standard InChI is InChI=1S/2C24H30N2O2.3C4H7O.2Cr.H2O/c2*1-15-9-17(3)23(27)19(11-15)13-25-21-7-5-6-8-22(21)26-14-20-12-16(2)10-18(4)24(20)28;3*1-2-4-5-3-1;;;/h2*9-14,21-22,27-28H,5-8H2,1-4H3;3*3H,1-2,4H2;;;1H2/q;;3*-1;;+2;/t2*21-,22?;;;;;;/m11....../s1. The molecule has 9 rings (SSSR count). The molecular formula is C60H83Cr2N4O8-. The van der Waals surface area contributed by atoms with Crippen molar-refractivity contribution in [3.8, 4) is 23.0 Å². The first-order valence-electron chi connectivity index (χ1n) is 25.8. The van der Waals surface area contributed by atoms with Gasteiger partial charge in [0.25, 0.3) is 0 Å². The van der Waals surface area contributed by atoms with Gasteiger partial charge in [0.2, 0.25) is 0 Å². The number of hydrogen-bond donors (Lipinski definition) is 4. The van der Waals surface area contributed by atoms with E-state index >= 15 is 0 Å². The van der Waals surface area contributed by atoms with E-state index in [1.54, 1.807) is 24.9 Å². The summed E-state index contributed by atoms with van der Waals surface area (Å²) in [6.07, 6.45) is 22.8. The van der Waals surface area contributed by atoms with E-state index in [0.717, 1.165) is 157 Å². The van der Waals surface area contributed by atoms with Crippen molar-refractivity contribution in [2.24, 2.45) is 20.0 Å². The number of benzene rings is 4. The van der Waals surface area contributed by atoms with Crippen LogP contribution in [-0.2, 0) is 48.9 Å². The molecule has 0 bridgehead atoms. The Morgan fingerprint density at radius 2 is 0.608 bits per heavy atom. The Morgan fingerprint density at radius 1 is 0.392 bits per heavy atom. The maximum atomic E-state index is 10.3. The van der Waals surface area contributed by atoms with E-state index in [1.807, 2.05) is 124 Å². The second-order valence-corrected chi connectivity index (χ2v) is 19.6. The number of hydrogen-bond acceptors (Lipinski definition) is 11. The third kappa shape index (κ3) is 22.1. The number of aryl methyl sites for hydroxylation is 8. The second-order valence-electron chi connectivity index (χ2n) is 19.6. The Morgan fingerprint density at radius 3 is 0.770 bits per heavy atom. The first-order chi connectivity index (χ1) is 34.2. The van der Waals surface area contributed by atoms with Crippen LogP contribution in [0.1, 0.15) is 157 Å². The van der Waals surface area contributed by atoms with Crippen molar-refractivity contribution in [2.45, 2.75) is 169 Å². The number of aliphatic imine (C=N–C) groups is 4. The molecule has 2 aliphatic carbocycles. The van der Waals surface area contributed by atoms with Crippen molar-refractivity contribution in [1.29, 1.82) is 0 Å². The molecule has 0 aromatic heterocycles. The summed E-state index contributed by atoms with van der Waals surface area (Å²) in [5.74, 6) is 1.19. The molecule has 14 heteroatoms. The maximum absolute atomic E-state index is 10.3. The molecule has 3 heterocycles. The summed E-state index contributed by atoms with van der Waals surface area (Å²) in [6.45, 7) is 24.1. The average molecular weight is 1090 g/mol. The molecule has 2 unspecified atom stereocenters. The zero-order valence-electron chi connectivity index (χ0n) is 45.1. The molecule has 404 valence electrons. The number of nitrogens with zero attached hydrogens (tertiary/aromatic N) is 4. The molecule has 0 spiro atoms. The van der Waals surface area contributed by atoms with Crippen LogP contribution in [0.15, 0.2) is 68.5 Å². The van der Waals surface area contributed by atoms with Crippen LogP contribution in [0.5, 0.6) is 23.0 Å². The number of phenolic OH excluding ortho intramolecular Hbond substituents is 4. The van der Waals surface area contributed by atoms with Crippen LogP contribution in [0.3, 0.4) is 0 Å². The van der Waals surface area contributed by atoms with E-state index in [2.05, 4.69) is 0 Å². The van der Waals surface area contributed by atoms with E-state index in [9.17, 15) is 20.4 Å². The van der Waals surface area contributed by atoms with Gasteiger partial charge in [-0.15, -0.1) is 0 Å². The normalized spacial score (nSPS) is 20.2. The van der Waals surface area contributed by atoms with Gasteiger partial charge in [-0.2, -0.15) is 19.3 Å². The zero-order valence-corrected chi connectivity index (χ0v) is 47.7. The minimum absolute atomic E-state index is 0. The Hall–Kier alpha value is -4.34. The number of phenols is 4. The van der Waals surface area contributed by atoms with Crippen LogP contribution in [0, 0.1) is 75.2 Å². The van der Waals surface area contributed by atoms with Gasteiger partial charge in [-0.05, 0) is 150 Å². The van der Waals surface area contributed by atoms with Gasteiger partial charge in [0, 0.05) is 84.3 Å². The van der Waals surface area contributed by atoms with E-state index in [-0.39, 0.29) is 64.4 Å². The zero-order chi connectivity index (χ0) is 51.1. The van der Waals surface area contributed by atoms with E-state index in [0.29, 0.717) is 23.0 Å². The van der Waals surface area contributed by atoms with Crippen LogP contribution in [-0.4, -0.2) is 94.7 Å². The van der Waals surface area contributed by atoms with Gasteiger partial charge in [0.1, 0.15) is 23.0 Å². The predicted octanol–water partition coefficient (Wildman–Crippen LogP) is 12.4. The third-order valence-corrected chi connectivity index (χ3v) is 13.0. The molecule has 3 aliphatic heterocycles. The van der Waals surface area contributed by atoms with Crippen molar-refractivity contribution in [3.63, 3.8) is 0 Å². The van der Waals surface area contributed by atoms with E-state index < -0.39 is 0 Å². The molecule has 74 heavy (non-hydrogen) atoms. The predicted molar refractivity (Wildman–Crippen MR) is 295 cm³/mol. The van der Waals surface area contributed by atoms with Crippen LogP contribution < -0.4 is 0 Å². The SMILES string of the molecule is Cc1cc(C)c(O)c(C=NC2CCCC[C@H]2N=Cc2cc(C)cc(C)c2O)c1.Cc1cc(C)c(O)c(C=NC2CCCC[C@H]2N=Cc2cc(C)cc(C)c2O)c1.O.[CH-]1CCCO1.[CH-]1CCCO1.[CH-]1CCCO1.[Cr+2].[Cr]. The molecule has 3 saturated heterocycles. The van der Waals surface area contributed by atoms with Gasteiger partial charge >= 0.3 is 17.4 Å². The van der Waals surface area contributed by atoms with Crippen LogP contribution >= 0.6 is 0 Å². The fourth-order valence-corrected chi connectivity index (χ4v) is 9.20. The number of ether oxygens (including phenoxy) is 3. The first-order valence-corrected chi connectivity index (χ1v) is 25.8. The molecule has 5 aliphatic rings. The van der Waals surface area contributed by atoms with Crippen molar-refractivity contribution < 1.29 is 74.8 Å². The topological polar surface area (TPSA) is 190 Å². The third-order valence-electron chi connectivity index (χ3n) is 13.0. The second kappa shape index (κ2) is 35.1. The van der Waals surface area contributed by atoms with Gasteiger partial charge in [-0.25, -0.2) is 19.8 Å². The summed E-state index contributed by atoms with van der Waals surface area (Å²) in [4.78, 5) is 19.1. The van der Waals surface area contributed by atoms with Crippen molar-refractivity contribution >= 4 is 24.9 Å². The fourth-order valence-electron chi connectivity index (χ4n) is 9.20. The van der Waals surface area contributed by atoms with E-state index in [1.165, 1.54) is 19.3 Å². The quantitative estimate of drug-likeness (QED) is 0.0997. The summed E-state index contributed by atoms with van der Waals surface area (Å²) in [7, 11) is 0. The summed E-state index contributed by atoms with van der Waals surface area (Å²) in [5, 5.41) is 41.2. The number of rotatable bonds is 8. The van der Waals surface area contributed by atoms with Gasteiger partial charge in [-0.3, -0.25) is 20.0 Å². The smallest absolute Gasteiger partial charge is 0.552 e. The molecule has 5 fully saturated rings. The largest absolute Gasteiger partial charge is 2.00 e. The molecule has 0 radical (unpaired) electrons. The van der Waals surface area contributed by atoms with Gasteiger partial charge in [0.15, 0.2) is 0 Å². The van der Waals surface area contributed by atoms with Crippen molar-refractivity contribution in [1.82, 2.24) is 0 Å². The van der Waals surface area contributed by atoms with Crippen molar-refractivity contribution in [2.75, 3.05) is 19.8 Å². The molecule has 6 N–H and O–H groups in total. The molecule has 4 aromatic rings. The number of aromatic hydroxyl groups is 4. The fraction of sp³-hybridized carbons (Fsp3) is 0.483. The Kier molecular flexibility index (Phi) is 31.2. The average Bonchev–Trinajstić information content (AvgIpc) is 4.22. The van der Waals surface area contributed by atoms with Crippen LogP contribution in [0.2, 0.25) is 0 Å².